The van der Waals surface area contributed by atoms with Crippen molar-refractivity contribution in [1.29, 1.82) is 5.26 Å². The molecule has 48 heavy (non-hydrogen) atoms. The zero-order valence-electron chi connectivity index (χ0n) is 28.7. The number of piperidine rings is 1. The van der Waals surface area contributed by atoms with Crippen molar-refractivity contribution in [1.82, 2.24) is 9.88 Å². The predicted molar refractivity (Wildman–Crippen MR) is 189 cm³/mol. The average Bonchev–Trinajstić information content (AvgIpc) is 3.05. The number of nitriles is 1. The molecule has 2 amide bonds. The van der Waals surface area contributed by atoms with E-state index in [1.807, 2.05) is 47.1 Å². The van der Waals surface area contributed by atoms with Gasteiger partial charge < -0.3 is 24.8 Å². The Morgan fingerprint density at radius 1 is 0.979 bits per heavy atom. The monoisotopic (exact) mass is 671 g/mol. The Labute approximate surface area is 284 Å². The van der Waals surface area contributed by atoms with E-state index >= 15 is 0 Å². The van der Waals surface area contributed by atoms with Crippen LogP contribution in [-0.4, -0.2) is 83.3 Å². The summed E-state index contributed by atoms with van der Waals surface area (Å²) in [7, 11) is -3.14. The van der Waals surface area contributed by atoms with Gasteiger partial charge in [-0.2, -0.15) is 5.26 Å². The largest absolute Gasteiger partial charge is 0.442 e. The van der Waals surface area contributed by atoms with Gasteiger partial charge in [-0.3, -0.25) is 4.79 Å². The number of piperazine rings is 1. The van der Waals surface area contributed by atoms with Gasteiger partial charge in [-0.1, -0.05) is 18.2 Å². The molecular formula is C36H45N7O4S. The van der Waals surface area contributed by atoms with Crippen LogP contribution < -0.4 is 15.1 Å². The van der Waals surface area contributed by atoms with Crippen LogP contribution >= 0.6 is 0 Å². The molecule has 2 fully saturated rings. The highest BCUT2D eigenvalue weighted by Gasteiger charge is 2.28. The molecule has 1 aromatic heterocycles. The number of benzene rings is 2. The number of aromatic nitrogens is 1. The number of rotatable bonds is 6. The molecule has 3 heterocycles. The molecule has 2 saturated heterocycles. The van der Waals surface area contributed by atoms with Gasteiger partial charge in [0.1, 0.15) is 17.5 Å². The van der Waals surface area contributed by atoms with Gasteiger partial charge in [-0.05, 0) is 88.9 Å². The smallest absolute Gasteiger partial charge is 0.442 e. The Morgan fingerprint density at radius 3 is 2.33 bits per heavy atom. The highest BCUT2D eigenvalue weighted by atomic mass is 32.2. The first-order valence-corrected chi connectivity index (χ1v) is 18.2. The molecular weight excluding hydrogens is 627 g/mol. The van der Waals surface area contributed by atoms with Crippen LogP contribution in [0.5, 0.6) is 0 Å². The minimum Gasteiger partial charge on any atom is -0.442 e. The number of anilines is 3. The fourth-order valence-electron chi connectivity index (χ4n) is 6.25. The normalized spacial score (nSPS) is 16.9. The Kier molecular flexibility index (Phi) is 10.3. The number of amides is 2. The minimum atomic E-state index is -3.14. The number of aryl methyl sites for hydroxylation is 2. The second kappa shape index (κ2) is 14.2. The molecule has 3 aromatic rings. The van der Waals surface area contributed by atoms with Gasteiger partial charge in [0.25, 0.3) is 5.91 Å². The molecule has 1 N–H and O–H groups in total. The number of para-hydroxylation sites is 1. The number of hydrogen-bond donors (Lipinski definition) is 1. The van der Waals surface area contributed by atoms with E-state index in [2.05, 4.69) is 38.6 Å². The lowest BCUT2D eigenvalue weighted by Gasteiger charge is -2.37. The molecule has 0 aliphatic carbocycles. The Hall–Kier alpha value is -4.63. The standard InChI is InChI=1S/C36H45N7O4S/c1-25-22-26(2)30(39-28-13-16-41(17-14-28)31-11-8-7-10-27(31)24-37)23-29(25)34(44)43-20-18-42(19-21-43)33-32(12-9-15-38-33)48(6,46)40-35(45)47-36(3,4)5/h7-12,15,22-23,28,39H,13-14,16-21H2,1-6H3/t48-/m1/s1. The first kappa shape index (κ1) is 34.7. The van der Waals surface area contributed by atoms with Gasteiger partial charge in [-0.15, -0.1) is 4.36 Å². The third kappa shape index (κ3) is 8.08. The lowest BCUT2D eigenvalue weighted by atomic mass is 9.99. The summed E-state index contributed by atoms with van der Waals surface area (Å²) in [6.07, 6.45) is 4.00. The summed E-state index contributed by atoms with van der Waals surface area (Å²) in [4.78, 5) is 37.2. The van der Waals surface area contributed by atoms with Crippen LogP contribution in [0.3, 0.4) is 0 Å². The second-order valence-electron chi connectivity index (χ2n) is 13.5. The fourth-order valence-corrected chi connectivity index (χ4v) is 7.52. The van der Waals surface area contributed by atoms with Crippen LogP contribution in [0.25, 0.3) is 0 Å². The quantitative estimate of drug-likeness (QED) is 0.335. The zero-order valence-corrected chi connectivity index (χ0v) is 29.5. The summed E-state index contributed by atoms with van der Waals surface area (Å²) in [6, 6.07) is 17.7. The first-order valence-electron chi connectivity index (χ1n) is 16.3. The molecule has 11 nitrogen and oxygen atoms in total. The Morgan fingerprint density at radius 2 is 1.67 bits per heavy atom. The molecule has 254 valence electrons. The Balaban J connectivity index is 1.24. The van der Waals surface area contributed by atoms with Gasteiger partial charge in [0.2, 0.25) is 0 Å². The molecule has 12 heteroatoms. The average molecular weight is 672 g/mol. The molecule has 0 unspecified atom stereocenters. The number of nitrogens with zero attached hydrogens (tertiary/aromatic N) is 6. The summed E-state index contributed by atoms with van der Waals surface area (Å²) in [5.41, 5.74) is 4.57. The highest BCUT2D eigenvalue weighted by Crippen LogP contribution is 2.29. The van der Waals surface area contributed by atoms with E-state index in [4.69, 9.17) is 4.74 Å². The van der Waals surface area contributed by atoms with E-state index in [9.17, 15) is 19.1 Å². The second-order valence-corrected chi connectivity index (χ2v) is 15.7. The maximum Gasteiger partial charge on any atom is 0.442 e. The van der Waals surface area contributed by atoms with E-state index in [1.165, 1.54) is 6.26 Å². The van der Waals surface area contributed by atoms with Crippen LogP contribution in [-0.2, 0) is 14.5 Å². The van der Waals surface area contributed by atoms with E-state index in [0.29, 0.717) is 48.0 Å². The molecule has 0 saturated carbocycles. The number of ether oxygens (including phenoxy) is 1. The third-order valence-corrected chi connectivity index (χ3v) is 10.3. The van der Waals surface area contributed by atoms with Crippen molar-refractivity contribution in [3.8, 4) is 6.07 Å². The van der Waals surface area contributed by atoms with Gasteiger partial charge >= 0.3 is 6.09 Å². The topological polar surface area (TPSA) is 131 Å². The summed E-state index contributed by atoms with van der Waals surface area (Å²) in [5, 5.41) is 13.2. The summed E-state index contributed by atoms with van der Waals surface area (Å²) in [5.74, 6) is 0.461. The van der Waals surface area contributed by atoms with Gasteiger partial charge in [0.15, 0.2) is 0 Å². The summed E-state index contributed by atoms with van der Waals surface area (Å²) >= 11 is 0. The van der Waals surface area contributed by atoms with Crippen LogP contribution in [0.1, 0.15) is 60.7 Å². The molecule has 2 aromatic carbocycles. The molecule has 2 aliphatic rings. The molecule has 0 bridgehead atoms. The van der Waals surface area contributed by atoms with Crippen molar-refractivity contribution in [2.45, 2.75) is 64.0 Å². The van der Waals surface area contributed by atoms with Crippen LogP contribution in [0.15, 0.2) is 64.0 Å². The molecule has 5 rings (SSSR count). The van der Waals surface area contributed by atoms with Crippen molar-refractivity contribution >= 4 is 38.9 Å². The molecule has 1 atom stereocenters. The van der Waals surface area contributed by atoms with E-state index < -0.39 is 21.4 Å². The number of hydrogen-bond acceptors (Lipinski definition) is 9. The van der Waals surface area contributed by atoms with Gasteiger partial charge in [-0.25, -0.2) is 14.0 Å². The van der Waals surface area contributed by atoms with Gasteiger partial charge in [0.05, 0.1) is 25.9 Å². The van der Waals surface area contributed by atoms with E-state index in [-0.39, 0.29) is 11.9 Å². The molecule has 0 spiro atoms. The van der Waals surface area contributed by atoms with Crippen molar-refractivity contribution in [2.75, 3.05) is 60.6 Å². The predicted octanol–water partition coefficient (Wildman–Crippen LogP) is 6.01. The maximum absolute atomic E-state index is 13.9. The van der Waals surface area contributed by atoms with Crippen LogP contribution in [0.2, 0.25) is 0 Å². The van der Waals surface area contributed by atoms with Crippen LogP contribution in [0, 0.1) is 25.2 Å². The van der Waals surface area contributed by atoms with Crippen molar-refractivity contribution in [3.63, 3.8) is 0 Å². The number of nitrogens with one attached hydrogen (secondary N) is 1. The summed E-state index contributed by atoms with van der Waals surface area (Å²) in [6.45, 7) is 12.8. The van der Waals surface area contributed by atoms with Crippen molar-refractivity contribution < 1.29 is 18.5 Å². The zero-order chi connectivity index (χ0) is 34.6. The number of carbonyl (C=O) groups excluding carboxylic acids is 2. The van der Waals surface area contributed by atoms with E-state index in [1.54, 1.807) is 39.1 Å². The lowest BCUT2D eigenvalue weighted by Crippen LogP contribution is -2.49. The summed E-state index contributed by atoms with van der Waals surface area (Å²) < 4.78 is 22.8. The lowest BCUT2D eigenvalue weighted by molar-refractivity contribution is 0.0607. The van der Waals surface area contributed by atoms with Gasteiger partial charge in [0, 0.05) is 69.0 Å². The minimum absolute atomic E-state index is 0.0291. The maximum atomic E-state index is 13.9. The number of pyridine rings is 1. The van der Waals surface area contributed by atoms with Crippen molar-refractivity contribution in [3.05, 3.63) is 77.0 Å². The molecule has 2 aliphatic heterocycles. The Bertz CT molecular complexity index is 1840. The number of carbonyl (C=O) groups is 2. The first-order chi connectivity index (χ1) is 22.8. The van der Waals surface area contributed by atoms with E-state index in [0.717, 1.165) is 48.4 Å². The fraction of sp³-hybridized carbons (Fsp3) is 0.444. The highest BCUT2D eigenvalue weighted by molar-refractivity contribution is 7.93. The van der Waals surface area contributed by atoms with Crippen LogP contribution in [0.4, 0.5) is 22.0 Å². The SMILES string of the molecule is Cc1cc(C)c(C(=O)N2CCN(c3ncccc3[S@@](C)(=O)=NC(=O)OC(C)(C)C)CC2)cc1NC1CCN(c2ccccc2C#N)CC1. The van der Waals surface area contributed by atoms with Crippen molar-refractivity contribution in [2.24, 2.45) is 4.36 Å². The third-order valence-electron chi connectivity index (χ3n) is 8.69. The molecule has 0 radical (unpaired) electrons.